The number of nitrogens with one attached hydrogen (secondary N) is 2. The molecule has 1 atom stereocenters. The standard InChI is InChI=1S/C14H19FN2O/c1-9-3-4-11(5-13(9)15)6-17-14(18)10(2)12-7-16-8-12/h3-5,10,12,16H,6-8H2,1-2H3,(H,17,18). The fourth-order valence-electron chi connectivity index (χ4n) is 1.98. The molecular formula is C14H19FN2O. The fourth-order valence-corrected chi connectivity index (χ4v) is 1.98. The van der Waals surface area contributed by atoms with Gasteiger partial charge in [-0.1, -0.05) is 19.1 Å². The molecule has 1 aliphatic heterocycles. The predicted octanol–water partition coefficient (Wildman–Crippen LogP) is 1.61. The van der Waals surface area contributed by atoms with Gasteiger partial charge < -0.3 is 10.6 Å². The maximum Gasteiger partial charge on any atom is 0.223 e. The van der Waals surface area contributed by atoms with Crippen LogP contribution in [0.5, 0.6) is 0 Å². The van der Waals surface area contributed by atoms with Crippen LogP contribution in [-0.2, 0) is 11.3 Å². The largest absolute Gasteiger partial charge is 0.352 e. The van der Waals surface area contributed by atoms with Crippen LogP contribution in [0.4, 0.5) is 4.39 Å². The second-order valence-corrected chi connectivity index (χ2v) is 5.01. The van der Waals surface area contributed by atoms with Crippen LogP contribution in [-0.4, -0.2) is 19.0 Å². The Morgan fingerprint density at radius 2 is 2.28 bits per heavy atom. The fraction of sp³-hybridized carbons (Fsp3) is 0.500. The molecule has 1 unspecified atom stereocenters. The molecule has 1 heterocycles. The normalized spacial score (nSPS) is 17.1. The molecule has 1 fully saturated rings. The molecule has 2 N–H and O–H groups in total. The summed E-state index contributed by atoms with van der Waals surface area (Å²) >= 11 is 0. The zero-order valence-electron chi connectivity index (χ0n) is 10.8. The number of rotatable bonds is 4. The maximum atomic E-state index is 13.3. The lowest BCUT2D eigenvalue weighted by molar-refractivity contribution is -0.126. The van der Waals surface area contributed by atoms with E-state index in [1.807, 2.05) is 13.0 Å². The van der Waals surface area contributed by atoms with Gasteiger partial charge in [0.2, 0.25) is 5.91 Å². The second kappa shape index (κ2) is 5.48. The minimum absolute atomic E-state index is 0.0153. The Labute approximate surface area is 107 Å². The number of aryl methyl sites for hydroxylation is 1. The topological polar surface area (TPSA) is 41.1 Å². The highest BCUT2D eigenvalue weighted by molar-refractivity contribution is 5.78. The lowest BCUT2D eigenvalue weighted by Crippen LogP contribution is -2.49. The van der Waals surface area contributed by atoms with Crippen LogP contribution in [0.25, 0.3) is 0 Å². The van der Waals surface area contributed by atoms with E-state index in [0.717, 1.165) is 18.7 Å². The highest BCUT2D eigenvalue weighted by atomic mass is 19.1. The molecule has 1 aliphatic rings. The number of carbonyl (C=O) groups excluding carboxylic acids is 1. The molecule has 2 rings (SSSR count). The minimum atomic E-state index is -0.224. The average Bonchev–Trinajstić information content (AvgIpc) is 2.28. The van der Waals surface area contributed by atoms with E-state index in [9.17, 15) is 9.18 Å². The summed E-state index contributed by atoms with van der Waals surface area (Å²) in [6.45, 7) is 5.88. The van der Waals surface area contributed by atoms with Crippen LogP contribution >= 0.6 is 0 Å². The molecule has 1 amide bonds. The molecule has 1 aromatic carbocycles. The van der Waals surface area contributed by atoms with Gasteiger partial charge in [-0.3, -0.25) is 4.79 Å². The van der Waals surface area contributed by atoms with Gasteiger partial charge in [-0.2, -0.15) is 0 Å². The van der Waals surface area contributed by atoms with E-state index in [-0.39, 0.29) is 17.6 Å². The maximum absolute atomic E-state index is 13.3. The summed E-state index contributed by atoms with van der Waals surface area (Å²) in [4.78, 5) is 11.9. The summed E-state index contributed by atoms with van der Waals surface area (Å²) in [6, 6.07) is 5.05. The number of carbonyl (C=O) groups is 1. The van der Waals surface area contributed by atoms with E-state index in [2.05, 4.69) is 10.6 Å². The summed E-state index contributed by atoms with van der Waals surface area (Å²) in [5.74, 6) is 0.266. The van der Waals surface area contributed by atoms with Crippen LogP contribution in [0, 0.1) is 24.6 Å². The van der Waals surface area contributed by atoms with Gasteiger partial charge in [0, 0.05) is 12.5 Å². The highest BCUT2D eigenvalue weighted by Crippen LogP contribution is 2.16. The molecule has 98 valence electrons. The van der Waals surface area contributed by atoms with Gasteiger partial charge in [0.05, 0.1) is 0 Å². The van der Waals surface area contributed by atoms with E-state index in [0.29, 0.717) is 18.0 Å². The summed E-state index contributed by atoms with van der Waals surface area (Å²) in [5.41, 5.74) is 1.42. The van der Waals surface area contributed by atoms with E-state index in [1.54, 1.807) is 13.0 Å². The smallest absolute Gasteiger partial charge is 0.223 e. The Hall–Kier alpha value is -1.42. The first kappa shape index (κ1) is 13.0. The molecule has 0 bridgehead atoms. The quantitative estimate of drug-likeness (QED) is 0.852. The van der Waals surface area contributed by atoms with Crippen molar-refractivity contribution in [3.05, 3.63) is 35.1 Å². The van der Waals surface area contributed by atoms with Crippen molar-refractivity contribution in [3.63, 3.8) is 0 Å². The first-order valence-electron chi connectivity index (χ1n) is 6.31. The Morgan fingerprint density at radius 1 is 1.56 bits per heavy atom. The van der Waals surface area contributed by atoms with E-state index in [1.165, 1.54) is 6.07 Å². The van der Waals surface area contributed by atoms with Gasteiger partial charge in [0.1, 0.15) is 5.82 Å². The predicted molar refractivity (Wildman–Crippen MR) is 68.5 cm³/mol. The van der Waals surface area contributed by atoms with Crippen molar-refractivity contribution in [1.82, 2.24) is 10.6 Å². The Bertz CT molecular complexity index is 443. The highest BCUT2D eigenvalue weighted by Gasteiger charge is 2.28. The van der Waals surface area contributed by atoms with E-state index in [4.69, 9.17) is 0 Å². The van der Waals surface area contributed by atoms with Crippen molar-refractivity contribution in [2.75, 3.05) is 13.1 Å². The molecule has 0 spiro atoms. The summed E-state index contributed by atoms with van der Waals surface area (Å²) in [7, 11) is 0. The second-order valence-electron chi connectivity index (χ2n) is 5.01. The summed E-state index contributed by atoms with van der Waals surface area (Å²) in [6.07, 6.45) is 0. The third-order valence-electron chi connectivity index (χ3n) is 3.64. The van der Waals surface area contributed by atoms with Crippen molar-refractivity contribution in [2.24, 2.45) is 11.8 Å². The lowest BCUT2D eigenvalue weighted by atomic mass is 9.88. The monoisotopic (exact) mass is 250 g/mol. The zero-order valence-corrected chi connectivity index (χ0v) is 10.8. The molecule has 3 nitrogen and oxygen atoms in total. The van der Waals surface area contributed by atoms with Crippen LogP contribution in [0.3, 0.4) is 0 Å². The van der Waals surface area contributed by atoms with Crippen LogP contribution in [0.1, 0.15) is 18.1 Å². The van der Waals surface area contributed by atoms with Crippen molar-refractivity contribution in [1.29, 1.82) is 0 Å². The van der Waals surface area contributed by atoms with Crippen molar-refractivity contribution in [3.8, 4) is 0 Å². The Balaban J connectivity index is 1.86. The van der Waals surface area contributed by atoms with Crippen LogP contribution in [0.2, 0.25) is 0 Å². The average molecular weight is 250 g/mol. The third kappa shape index (κ3) is 2.88. The van der Waals surface area contributed by atoms with Gasteiger partial charge >= 0.3 is 0 Å². The van der Waals surface area contributed by atoms with E-state index < -0.39 is 0 Å². The minimum Gasteiger partial charge on any atom is -0.352 e. The van der Waals surface area contributed by atoms with Crippen LogP contribution in [0.15, 0.2) is 18.2 Å². The first-order valence-corrected chi connectivity index (χ1v) is 6.31. The number of amides is 1. The van der Waals surface area contributed by atoms with Gasteiger partial charge in [0.15, 0.2) is 0 Å². The van der Waals surface area contributed by atoms with Crippen molar-refractivity contribution in [2.45, 2.75) is 20.4 Å². The number of hydrogen-bond donors (Lipinski definition) is 2. The van der Waals surface area contributed by atoms with Gasteiger partial charge in [-0.25, -0.2) is 4.39 Å². The summed E-state index contributed by atoms with van der Waals surface area (Å²) in [5, 5.41) is 6.02. The Kier molecular flexibility index (Phi) is 3.97. The number of hydrogen-bond acceptors (Lipinski definition) is 2. The van der Waals surface area contributed by atoms with Crippen molar-refractivity contribution < 1.29 is 9.18 Å². The first-order chi connectivity index (χ1) is 8.58. The molecule has 1 aromatic rings. The number of halogens is 1. The molecule has 4 heteroatoms. The van der Waals surface area contributed by atoms with E-state index >= 15 is 0 Å². The number of benzene rings is 1. The van der Waals surface area contributed by atoms with Crippen LogP contribution < -0.4 is 10.6 Å². The molecule has 0 saturated carbocycles. The molecular weight excluding hydrogens is 231 g/mol. The lowest BCUT2D eigenvalue weighted by Gasteiger charge is -2.31. The molecule has 0 aromatic heterocycles. The molecule has 0 aliphatic carbocycles. The SMILES string of the molecule is Cc1ccc(CNC(=O)C(C)C2CNC2)cc1F. The van der Waals surface area contributed by atoms with Crippen molar-refractivity contribution >= 4 is 5.91 Å². The summed E-state index contributed by atoms with van der Waals surface area (Å²) < 4.78 is 13.3. The van der Waals surface area contributed by atoms with Gasteiger partial charge in [-0.15, -0.1) is 0 Å². The zero-order chi connectivity index (χ0) is 13.1. The van der Waals surface area contributed by atoms with Gasteiger partial charge in [0.25, 0.3) is 0 Å². The van der Waals surface area contributed by atoms with Gasteiger partial charge in [-0.05, 0) is 43.1 Å². The molecule has 0 radical (unpaired) electrons. The molecule has 1 saturated heterocycles. The molecule has 18 heavy (non-hydrogen) atoms. The third-order valence-corrected chi connectivity index (χ3v) is 3.64. The Morgan fingerprint density at radius 3 is 2.83 bits per heavy atom.